The molecule has 8 nitrogen and oxygen atoms in total. The molecule has 0 heterocycles. The lowest BCUT2D eigenvalue weighted by Gasteiger charge is -2.34. The maximum absolute atomic E-state index is 12.6. The van der Waals surface area contributed by atoms with Crippen molar-refractivity contribution in [1.82, 2.24) is 0 Å². The van der Waals surface area contributed by atoms with Gasteiger partial charge in [-0.05, 0) is 74.2 Å². The largest absolute Gasteiger partial charge is 0.326 e. The molecule has 0 bridgehead atoms. The average Bonchev–Trinajstić information content (AvgIpc) is 3.06. The summed E-state index contributed by atoms with van der Waals surface area (Å²) < 4.78 is 0. The second-order valence-corrected chi connectivity index (χ2v) is 11.7. The van der Waals surface area contributed by atoms with Crippen LogP contribution in [0.2, 0.25) is 0 Å². The third-order valence-corrected chi connectivity index (χ3v) is 8.55. The van der Waals surface area contributed by atoms with E-state index >= 15 is 0 Å². The van der Waals surface area contributed by atoms with Gasteiger partial charge in [-0.2, -0.15) is 0 Å². The molecule has 6 rings (SSSR count). The van der Waals surface area contributed by atoms with E-state index in [1.54, 1.807) is 0 Å². The molecule has 4 aromatic carbocycles. The first kappa shape index (κ1) is 32.2. The zero-order valence-electron chi connectivity index (χ0n) is 25.7. The lowest BCUT2D eigenvalue weighted by atomic mass is 9.72. The molecule has 4 N–H and O–H groups in total. The van der Waals surface area contributed by atoms with E-state index in [2.05, 4.69) is 21.3 Å². The van der Waals surface area contributed by atoms with Crippen LogP contribution in [-0.2, 0) is 19.2 Å². The van der Waals surface area contributed by atoms with Gasteiger partial charge in [0.1, 0.15) is 0 Å². The van der Waals surface area contributed by atoms with E-state index in [1.807, 2.05) is 121 Å². The van der Waals surface area contributed by atoms with Gasteiger partial charge in [-0.25, -0.2) is 0 Å². The van der Waals surface area contributed by atoms with Gasteiger partial charge in [0.15, 0.2) is 0 Å². The van der Waals surface area contributed by atoms with Crippen LogP contribution in [0.5, 0.6) is 0 Å². The van der Waals surface area contributed by atoms with Gasteiger partial charge in [-0.3, -0.25) is 19.2 Å². The lowest BCUT2D eigenvalue weighted by molar-refractivity contribution is -0.134. The number of hydrogen-bond donors (Lipinski definition) is 4. The fourth-order valence-corrected chi connectivity index (χ4v) is 5.91. The minimum absolute atomic E-state index is 0.0610. The van der Waals surface area contributed by atoms with Crippen LogP contribution in [0.25, 0.3) is 0 Å². The Morgan fingerprint density at radius 2 is 0.565 bits per heavy atom. The SMILES string of the molecule is O=C(Nc1ccccc1)C1CCC1C(=O)Nc1ccccc1.O=C(Nc1ccccc1)C1CCCCC1C(=O)Nc1ccccc1. The summed E-state index contributed by atoms with van der Waals surface area (Å²) in [5, 5.41) is 11.6. The smallest absolute Gasteiger partial charge is 0.228 e. The van der Waals surface area contributed by atoms with Crippen LogP contribution in [0.3, 0.4) is 0 Å². The van der Waals surface area contributed by atoms with Gasteiger partial charge in [-0.1, -0.05) is 85.6 Å². The summed E-state index contributed by atoms with van der Waals surface area (Å²) in [5.41, 5.74) is 3.08. The number of rotatable bonds is 8. The van der Waals surface area contributed by atoms with Gasteiger partial charge < -0.3 is 21.3 Å². The van der Waals surface area contributed by atoms with Gasteiger partial charge in [0.25, 0.3) is 0 Å². The molecule has 0 aliphatic heterocycles. The summed E-state index contributed by atoms with van der Waals surface area (Å²) >= 11 is 0. The predicted molar refractivity (Wildman–Crippen MR) is 182 cm³/mol. The third-order valence-electron chi connectivity index (χ3n) is 8.55. The van der Waals surface area contributed by atoms with Gasteiger partial charge in [-0.15, -0.1) is 0 Å². The quantitative estimate of drug-likeness (QED) is 0.166. The average molecular weight is 617 g/mol. The molecule has 8 heteroatoms. The molecule has 2 fully saturated rings. The van der Waals surface area contributed by atoms with Crippen molar-refractivity contribution in [3.63, 3.8) is 0 Å². The summed E-state index contributed by atoms with van der Waals surface area (Å²) in [5.74, 6) is -1.32. The number of nitrogens with one attached hydrogen (secondary N) is 4. The molecule has 236 valence electrons. The summed E-state index contributed by atoms with van der Waals surface area (Å²) in [6.07, 6.45) is 5.00. The summed E-state index contributed by atoms with van der Waals surface area (Å²) in [6, 6.07) is 37.5. The van der Waals surface area contributed by atoms with Crippen molar-refractivity contribution >= 4 is 46.4 Å². The minimum Gasteiger partial charge on any atom is -0.326 e. The van der Waals surface area contributed by atoms with E-state index in [1.165, 1.54) is 0 Å². The Hall–Kier alpha value is -5.24. The molecule has 4 amide bonds. The molecule has 0 radical (unpaired) electrons. The van der Waals surface area contributed by atoms with E-state index < -0.39 is 0 Å². The van der Waals surface area contributed by atoms with Crippen LogP contribution >= 0.6 is 0 Å². The molecule has 2 saturated carbocycles. The Balaban J connectivity index is 0.000000182. The molecule has 4 atom stereocenters. The van der Waals surface area contributed by atoms with Crippen molar-refractivity contribution in [3.8, 4) is 0 Å². The molecule has 2 aliphatic carbocycles. The van der Waals surface area contributed by atoms with E-state index in [4.69, 9.17) is 0 Å². The highest BCUT2D eigenvalue weighted by Gasteiger charge is 2.41. The van der Waals surface area contributed by atoms with E-state index in [0.717, 1.165) is 61.3 Å². The molecule has 0 saturated heterocycles. The van der Waals surface area contributed by atoms with Crippen molar-refractivity contribution in [1.29, 1.82) is 0 Å². The maximum Gasteiger partial charge on any atom is 0.228 e. The second-order valence-electron chi connectivity index (χ2n) is 11.7. The standard InChI is InChI=1S/C20H22N2O2.C18H18N2O2/c23-19(21-15-9-3-1-4-10-15)17-13-7-8-14-18(17)20(24)22-16-11-5-2-6-12-16;21-17(19-13-7-3-1-4-8-13)15-11-12-16(15)18(22)20-14-9-5-2-6-10-14/h1-6,9-12,17-18H,7-8,13-14H2,(H,21,23)(H,22,24);1-10,15-16H,11-12H2,(H,19,21)(H,20,22). The number of benzene rings is 4. The third kappa shape index (κ3) is 8.91. The Bertz CT molecular complexity index is 1460. The molecule has 4 unspecified atom stereocenters. The van der Waals surface area contributed by atoms with Crippen molar-refractivity contribution in [2.24, 2.45) is 23.7 Å². The van der Waals surface area contributed by atoms with Gasteiger partial charge in [0.05, 0.1) is 0 Å². The molecular weight excluding hydrogens is 576 g/mol. The molecule has 0 spiro atoms. The van der Waals surface area contributed by atoms with Gasteiger partial charge >= 0.3 is 0 Å². The molecule has 0 aromatic heterocycles. The van der Waals surface area contributed by atoms with Gasteiger partial charge in [0, 0.05) is 46.4 Å². The highest BCUT2D eigenvalue weighted by atomic mass is 16.2. The number of carbonyl (C=O) groups excluding carboxylic acids is 4. The number of anilines is 4. The monoisotopic (exact) mass is 616 g/mol. The molecule has 2 aliphatic rings. The predicted octanol–water partition coefficient (Wildman–Crippen LogP) is 7.36. The lowest BCUT2D eigenvalue weighted by Crippen LogP contribution is -2.43. The van der Waals surface area contributed by atoms with Crippen LogP contribution in [0, 0.1) is 23.7 Å². The molecule has 4 aromatic rings. The number of carbonyl (C=O) groups is 4. The number of amides is 4. The van der Waals surface area contributed by atoms with Crippen molar-refractivity contribution in [3.05, 3.63) is 121 Å². The zero-order chi connectivity index (χ0) is 32.1. The molecule has 46 heavy (non-hydrogen) atoms. The number of hydrogen-bond acceptors (Lipinski definition) is 4. The van der Waals surface area contributed by atoms with Gasteiger partial charge in [0.2, 0.25) is 23.6 Å². The van der Waals surface area contributed by atoms with Crippen molar-refractivity contribution in [2.75, 3.05) is 21.3 Å². The highest BCUT2D eigenvalue weighted by molar-refractivity contribution is 6.01. The van der Waals surface area contributed by atoms with Crippen LogP contribution < -0.4 is 21.3 Å². The second kappa shape index (κ2) is 16.2. The summed E-state index contributed by atoms with van der Waals surface area (Å²) in [7, 11) is 0. The Morgan fingerprint density at radius 1 is 0.348 bits per heavy atom. The topological polar surface area (TPSA) is 116 Å². The summed E-state index contributed by atoms with van der Waals surface area (Å²) in [4.78, 5) is 49.8. The maximum atomic E-state index is 12.6. The van der Waals surface area contributed by atoms with Crippen LogP contribution in [0.4, 0.5) is 22.7 Å². The fraction of sp³-hybridized carbons (Fsp3) is 0.263. The number of para-hydroxylation sites is 4. The highest BCUT2D eigenvalue weighted by Crippen LogP contribution is 2.36. The Kier molecular flexibility index (Phi) is 11.3. The van der Waals surface area contributed by atoms with Crippen LogP contribution in [-0.4, -0.2) is 23.6 Å². The first-order chi connectivity index (χ1) is 22.5. The van der Waals surface area contributed by atoms with Crippen LogP contribution in [0.1, 0.15) is 38.5 Å². The van der Waals surface area contributed by atoms with Crippen molar-refractivity contribution in [2.45, 2.75) is 38.5 Å². The van der Waals surface area contributed by atoms with Crippen molar-refractivity contribution < 1.29 is 19.2 Å². The Labute approximate surface area is 270 Å². The van der Waals surface area contributed by atoms with Crippen LogP contribution in [0.15, 0.2) is 121 Å². The Morgan fingerprint density at radius 3 is 0.783 bits per heavy atom. The molecular formula is C38H40N4O4. The van der Waals surface area contributed by atoms with E-state index in [9.17, 15) is 19.2 Å². The minimum atomic E-state index is -0.275. The summed E-state index contributed by atoms with van der Waals surface area (Å²) in [6.45, 7) is 0. The first-order valence-electron chi connectivity index (χ1n) is 15.9. The first-order valence-corrected chi connectivity index (χ1v) is 15.9. The normalized spacial score (nSPS) is 20.0. The van der Waals surface area contributed by atoms with E-state index in [0.29, 0.717) is 0 Å². The zero-order valence-corrected chi connectivity index (χ0v) is 25.7. The fourth-order valence-electron chi connectivity index (χ4n) is 5.91. The van der Waals surface area contributed by atoms with E-state index in [-0.39, 0.29) is 47.3 Å².